The number of anilines is 1. The van der Waals surface area contributed by atoms with E-state index in [1.165, 1.54) is 4.90 Å². The summed E-state index contributed by atoms with van der Waals surface area (Å²) in [6.07, 6.45) is 1.06. The molecule has 2 amide bonds. The molecule has 0 heterocycles. The Labute approximate surface area is 190 Å². The normalized spacial score (nSPS) is 12.0. The van der Waals surface area contributed by atoms with E-state index in [4.69, 9.17) is 4.74 Å². The van der Waals surface area contributed by atoms with Gasteiger partial charge in [0.15, 0.2) is 0 Å². The Morgan fingerprint density at radius 1 is 1.12 bits per heavy atom. The second-order valence-corrected chi connectivity index (χ2v) is 9.46. The fourth-order valence-electron chi connectivity index (χ4n) is 3.27. The molecule has 9 heteroatoms. The smallest absolute Gasteiger partial charge is 0.244 e. The van der Waals surface area contributed by atoms with Gasteiger partial charge in [0, 0.05) is 13.1 Å². The standard InChI is InChI=1S/C23H31N3O5S/c1-6-24-23(28)18(3)25(15-19-10-8-12-21(14-19)31-4)22(27)16-26(32(5,29)30)20-11-7-9-17(2)13-20/h7-14,18H,6,15-16H2,1-5H3,(H,24,28)/t18-/m1/s1. The minimum absolute atomic E-state index is 0.125. The summed E-state index contributed by atoms with van der Waals surface area (Å²) in [6.45, 7) is 5.39. The van der Waals surface area contributed by atoms with E-state index in [0.29, 0.717) is 18.0 Å². The summed E-state index contributed by atoms with van der Waals surface area (Å²) in [4.78, 5) is 27.3. The molecule has 1 atom stereocenters. The minimum atomic E-state index is -3.74. The van der Waals surface area contributed by atoms with Crippen LogP contribution in [0.25, 0.3) is 0 Å². The molecule has 32 heavy (non-hydrogen) atoms. The molecule has 0 aromatic heterocycles. The zero-order valence-electron chi connectivity index (χ0n) is 19.2. The third-order valence-electron chi connectivity index (χ3n) is 4.97. The molecular formula is C23H31N3O5S. The molecule has 1 N–H and O–H groups in total. The second-order valence-electron chi connectivity index (χ2n) is 7.55. The van der Waals surface area contributed by atoms with Crippen LogP contribution in [0.15, 0.2) is 48.5 Å². The molecule has 0 saturated carbocycles. The first-order valence-corrected chi connectivity index (χ1v) is 12.2. The fourth-order valence-corrected chi connectivity index (χ4v) is 4.11. The largest absolute Gasteiger partial charge is 0.497 e. The van der Waals surface area contributed by atoms with Gasteiger partial charge in [-0.15, -0.1) is 0 Å². The van der Waals surface area contributed by atoms with Crippen molar-refractivity contribution in [2.75, 3.05) is 30.8 Å². The number of amides is 2. The van der Waals surface area contributed by atoms with Crippen molar-refractivity contribution >= 4 is 27.5 Å². The third kappa shape index (κ3) is 6.71. The first kappa shape index (κ1) is 25.2. The van der Waals surface area contributed by atoms with Gasteiger partial charge in [-0.25, -0.2) is 8.42 Å². The first-order valence-electron chi connectivity index (χ1n) is 10.3. The first-order chi connectivity index (χ1) is 15.1. The van der Waals surface area contributed by atoms with Crippen molar-refractivity contribution in [2.45, 2.75) is 33.4 Å². The van der Waals surface area contributed by atoms with Gasteiger partial charge in [0.2, 0.25) is 21.8 Å². The van der Waals surface area contributed by atoms with Gasteiger partial charge in [-0.2, -0.15) is 0 Å². The SMILES string of the molecule is CCNC(=O)[C@@H](C)N(Cc1cccc(OC)c1)C(=O)CN(c1cccc(C)c1)S(C)(=O)=O. The minimum Gasteiger partial charge on any atom is -0.497 e. The number of ether oxygens (including phenoxy) is 1. The van der Waals surface area contributed by atoms with Crippen LogP contribution in [0.2, 0.25) is 0 Å². The Bertz CT molecular complexity index is 1060. The van der Waals surface area contributed by atoms with Gasteiger partial charge in [0.25, 0.3) is 0 Å². The zero-order chi connectivity index (χ0) is 23.9. The maximum Gasteiger partial charge on any atom is 0.244 e. The lowest BCUT2D eigenvalue weighted by Gasteiger charge is -2.31. The van der Waals surface area contributed by atoms with E-state index in [2.05, 4.69) is 5.32 Å². The van der Waals surface area contributed by atoms with Gasteiger partial charge in [-0.3, -0.25) is 13.9 Å². The van der Waals surface area contributed by atoms with Crippen molar-refractivity contribution in [3.63, 3.8) is 0 Å². The number of aryl methyl sites for hydroxylation is 1. The van der Waals surface area contributed by atoms with E-state index >= 15 is 0 Å². The quantitative estimate of drug-likeness (QED) is 0.586. The highest BCUT2D eigenvalue weighted by Gasteiger charge is 2.30. The zero-order valence-corrected chi connectivity index (χ0v) is 20.0. The maximum atomic E-state index is 13.4. The third-order valence-corrected chi connectivity index (χ3v) is 6.11. The Hall–Kier alpha value is -3.07. The summed E-state index contributed by atoms with van der Waals surface area (Å²) >= 11 is 0. The summed E-state index contributed by atoms with van der Waals surface area (Å²) in [5.74, 6) is -0.179. The predicted octanol–water partition coefficient (Wildman–Crippen LogP) is 2.32. The lowest BCUT2D eigenvalue weighted by molar-refractivity contribution is -0.139. The molecule has 0 aliphatic rings. The number of hydrogen-bond donors (Lipinski definition) is 1. The van der Waals surface area contributed by atoms with Crippen LogP contribution in [0.1, 0.15) is 25.0 Å². The molecule has 2 rings (SSSR count). The molecule has 0 unspecified atom stereocenters. The number of nitrogens with zero attached hydrogens (tertiary/aromatic N) is 2. The van der Waals surface area contributed by atoms with Crippen molar-refractivity contribution in [2.24, 2.45) is 0 Å². The van der Waals surface area contributed by atoms with E-state index < -0.39 is 28.5 Å². The molecule has 0 saturated heterocycles. The topological polar surface area (TPSA) is 96.0 Å². The lowest BCUT2D eigenvalue weighted by Crippen LogP contribution is -2.51. The van der Waals surface area contributed by atoms with Crippen LogP contribution in [0, 0.1) is 6.92 Å². The van der Waals surface area contributed by atoms with Crippen molar-refractivity contribution in [3.05, 3.63) is 59.7 Å². The van der Waals surface area contributed by atoms with Crippen LogP contribution in [0.4, 0.5) is 5.69 Å². The van der Waals surface area contributed by atoms with Crippen molar-refractivity contribution < 1.29 is 22.7 Å². The van der Waals surface area contributed by atoms with Crippen molar-refractivity contribution in [3.8, 4) is 5.75 Å². The number of carbonyl (C=O) groups excluding carboxylic acids is 2. The highest BCUT2D eigenvalue weighted by atomic mass is 32.2. The molecule has 2 aromatic carbocycles. The van der Waals surface area contributed by atoms with Crippen molar-refractivity contribution in [1.29, 1.82) is 0 Å². The van der Waals surface area contributed by atoms with Gasteiger partial charge in [-0.05, 0) is 56.2 Å². The van der Waals surface area contributed by atoms with Gasteiger partial charge in [-0.1, -0.05) is 24.3 Å². The number of rotatable bonds is 10. The number of likely N-dealkylation sites (N-methyl/N-ethyl adjacent to an activating group) is 1. The predicted molar refractivity (Wildman–Crippen MR) is 125 cm³/mol. The van der Waals surface area contributed by atoms with E-state index in [-0.39, 0.29) is 12.5 Å². The number of benzene rings is 2. The summed E-state index contributed by atoms with van der Waals surface area (Å²) in [6, 6.07) is 13.3. The van der Waals surface area contributed by atoms with E-state index in [1.54, 1.807) is 57.4 Å². The van der Waals surface area contributed by atoms with Gasteiger partial charge >= 0.3 is 0 Å². The Kier molecular flexibility index (Phi) is 8.65. The molecule has 0 fully saturated rings. The van der Waals surface area contributed by atoms with E-state index in [0.717, 1.165) is 21.7 Å². The number of nitrogens with one attached hydrogen (secondary N) is 1. The maximum absolute atomic E-state index is 13.4. The summed E-state index contributed by atoms with van der Waals surface area (Å²) in [5, 5.41) is 2.72. The molecular weight excluding hydrogens is 430 g/mol. The lowest BCUT2D eigenvalue weighted by atomic mass is 10.1. The fraction of sp³-hybridized carbons (Fsp3) is 0.391. The summed E-state index contributed by atoms with van der Waals surface area (Å²) in [5.41, 5.74) is 2.02. The number of hydrogen-bond acceptors (Lipinski definition) is 5. The molecule has 0 aliphatic carbocycles. The summed E-state index contributed by atoms with van der Waals surface area (Å²) in [7, 11) is -2.19. The number of carbonyl (C=O) groups is 2. The van der Waals surface area contributed by atoms with Gasteiger partial charge < -0.3 is 15.0 Å². The monoisotopic (exact) mass is 461 g/mol. The average Bonchev–Trinajstić information content (AvgIpc) is 2.74. The summed E-state index contributed by atoms with van der Waals surface area (Å²) < 4.78 is 31.3. The molecule has 0 spiro atoms. The van der Waals surface area contributed by atoms with Crippen LogP contribution in [0.5, 0.6) is 5.75 Å². The van der Waals surface area contributed by atoms with E-state index in [9.17, 15) is 18.0 Å². The Morgan fingerprint density at radius 2 is 1.81 bits per heavy atom. The highest BCUT2D eigenvalue weighted by molar-refractivity contribution is 7.92. The molecule has 2 aromatic rings. The Balaban J connectivity index is 2.39. The Morgan fingerprint density at radius 3 is 2.41 bits per heavy atom. The van der Waals surface area contributed by atoms with Gasteiger partial charge in [0.05, 0.1) is 19.1 Å². The number of sulfonamides is 1. The van der Waals surface area contributed by atoms with Crippen LogP contribution >= 0.6 is 0 Å². The number of methoxy groups -OCH3 is 1. The molecule has 174 valence electrons. The molecule has 8 nitrogen and oxygen atoms in total. The molecule has 0 bridgehead atoms. The van der Waals surface area contributed by atoms with Crippen LogP contribution in [-0.4, -0.2) is 57.6 Å². The second kappa shape index (κ2) is 11.0. The highest BCUT2D eigenvalue weighted by Crippen LogP contribution is 2.21. The van der Waals surface area contributed by atoms with Crippen LogP contribution in [0.3, 0.4) is 0 Å². The van der Waals surface area contributed by atoms with Crippen LogP contribution < -0.4 is 14.4 Å². The van der Waals surface area contributed by atoms with Gasteiger partial charge in [0.1, 0.15) is 18.3 Å². The van der Waals surface area contributed by atoms with Crippen molar-refractivity contribution in [1.82, 2.24) is 10.2 Å². The molecule has 0 radical (unpaired) electrons. The van der Waals surface area contributed by atoms with E-state index in [1.807, 2.05) is 19.1 Å². The van der Waals surface area contributed by atoms with Crippen LogP contribution in [-0.2, 0) is 26.2 Å². The average molecular weight is 462 g/mol. The molecule has 0 aliphatic heterocycles.